The quantitative estimate of drug-likeness (QED) is 0.684. The minimum absolute atomic E-state index is 0.113. The zero-order chi connectivity index (χ0) is 18.9. The molecule has 138 valence electrons. The lowest BCUT2D eigenvalue weighted by molar-refractivity contribution is -0.209. The molecule has 1 unspecified atom stereocenters. The minimum Gasteiger partial charge on any atom is -0.384 e. The molecular formula is C15H20BrF4NO2S. The van der Waals surface area contributed by atoms with E-state index in [9.17, 15) is 26.9 Å². The normalized spacial score (nSPS) is 18.1. The summed E-state index contributed by atoms with van der Waals surface area (Å²) in [5.74, 6) is -0.756. The molecule has 3 nitrogen and oxygen atoms in total. The Morgan fingerprint density at radius 3 is 2.25 bits per heavy atom. The molecule has 1 aromatic rings. The molecule has 1 aromatic carbocycles. The van der Waals surface area contributed by atoms with E-state index in [1.807, 2.05) is 0 Å². The van der Waals surface area contributed by atoms with E-state index in [1.54, 1.807) is 20.8 Å². The number of rotatable bonds is 5. The summed E-state index contributed by atoms with van der Waals surface area (Å²) in [4.78, 5) is 0. The summed E-state index contributed by atoms with van der Waals surface area (Å²) in [6, 6.07) is 3.81. The standard InChI is InChI=1S/C15H20BrF4NO2S/c1-13(2,3)24(23)21-14(4,8-12(22)15(18,19)20)10-7-9(16)5-6-11(10)17/h5-7,12,21-22H,8H2,1-4H3/t12-,14-,24?/m0/s1. The summed E-state index contributed by atoms with van der Waals surface area (Å²) in [5.41, 5.74) is -1.81. The molecule has 2 N–H and O–H groups in total. The smallest absolute Gasteiger partial charge is 0.384 e. The van der Waals surface area contributed by atoms with Crippen LogP contribution in [0.5, 0.6) is 0 Å². The average molecular weight is 434 g/mol. The van der Waals surface area contributed by atoms with Gasteiger partial charge in [-0.25, -0.2) is 13.3 Å². The second kappa shape index (κ2) is 7.39. The molecule has 1 rings (SSSR count). The third kappa shape index (κ3) is 5.50. The van der Waals surface area contributed by atoms with E-state index in [0.717, 1.165) is 6.07 Å². The summed E-state index contributed by atoms with van der Waals surface area (Å²) < 4.78 is 67.2. The van der Waals surface area contributed by atoms with Crippen LogP contribution >= 0.6 is 15.9 Å². The maximum absolute atomic E-state index is 14.2. The Balaban J connectivity index is 3.35. The summed E-state index contributed by atoms with van der Waals surface area (Å²) >= 11 is 3.15. The van der Waals surface area contributed by atoms with Gasteiger partial charge in [0.15, 0.2) is 6.10 Å². The fourth-order valence-electron chi connectivity index (χ4n) is 1.99. The lowest BCUT2D eigenvalue weighted by atomic mass is 9.87. The van der Waals surface area contributed by atoms with Crippen LogP contribution in [0, 0.1) is 5.82 Å². The number of nitrogens with one attached hydrogen (secondary N) is 1. The highest BCUT2D eigenvalue weighted by Gasteiger charge is 2.45. The van der Waals surface area contributed by atoms with Gasteiger partial charge in [0, 0.05) is 16.5 Å². The third-order valence-corrected chi connectivity index (χ3v) is 5.62. The maximum Gasteiger partial charge on any atom is 0.414 e. The van der Waals surface area contributed by atoms with Gasteiger partial charge in [-0.3, -0.25) is 0 Å². The highest BCUT2D eigenvalue weighted by molar-refractivity contribution is 9.10. The van der Waals surface area contributed by atoms with Crippen molar-refractivity contribution in [1.29, 1.82) is 0 Å². The molecule has 3 atom stereocenters. The van der Waals surface area contributed by atoms with Crippen LogP contribution in [-0.4, -0.2) is 26.3 Å². The molecule has 0 saturated carbocycles. The van der Waals surface area contributed by atoms with E-state index in [-0.39, 0.29) is 5.56 Å². The minimum atomic E-state index is -4.87. The van der Waals surface area contributed by atoms with Crippen molar-refractivity contribution in [2.75, 3.05) is 0 Å². The summed E-state index contributed by atoms with van der Waals surface area (Å²) in [6.45, 7) is 6.19. The van der Waals surface area contributed by atoms with Crippen LogP contribution in [0.2, 0.25) is 0 Å². The van der Waals surface area contributed by atoms with E-state index in [2.05, 4.69) is 20.7 Å². The first-order valence-corrected chi connectivity index (χ1v) is 9.01. The highest BCUT2D eigenvalue weighted by Crippen LogP contribution is 2.36. The van der Waals surface area contributed by atoms with Crippen LogP contribution < -0.4 is 4.72 Å². The van der Waals surface area contributed by atoms with Crippen LogP contribution in [0.4, 0.5) is 17.6 Å². The second-order valence-electron chi connectivity index (χ2n) is 6.70. The van der Waals surface area contributed by atoms with Crippen molar-refractivity contribution in [3.63, 3.8) is 0 Å². The number of benzene rings is 1. The molecule has 0 heterocycles. The van der Waals surface area contributed by atoms with E-state index in [0.29, 0.717) is 4.47 Å². The first kappa shape index (κ1) is 21.5. The van der Waals surface area contributed by atoms with Crippen molar-refractivity contribution in [1.82, 2.24) is 4.72 Å². The van der Waals surface area contributed by atoms with Crippen LogP contribution in [0.25, 0.3) is 0 Å². The molecule has 0 bridgehead atoms. The number of aliphatic hydroxyl groups excluding tert-OH is 1. The van der Waals surface area contributed by atoms with Gasteiger partial charge in [-0.05, 0) is 45.9 Å². The summed E-state index contributed by atoms with van der Waals surface area (Å²) in [7, 11) is -1.78. The molecule has 0 saturated heterocycles. The van der Waals surface area contributed by atoms with Crippen molar-refractivity contribution in [2.45, 2.75) is 56.7 Å². The van der Waals surface area contributed by atoms with Gasteiger partial charge in [-0.1, -0.05) is 15.9 Å². The van der Waals surface area contributed by atoms with Gasteiger partial charge in [0.05, 0.1) is 21.3 Å². The average Bonchev–Trinajstić information content (AvgIpc) is 2.39. The largest absolute Gasteiger partial charge is 0.414 e. The lowest BCUT2D eigenvalue weighted by Gasteiger charge is -2.36. The Bertz CT molecular complexity index is 618. The van der Waals surface area contributed by atoms with E-state index >= 15 is 0 Å². The Morgan fingerprint density at radius 2 is 1.79 bits per heavy atom. The number of hydrogen-bond acceptors (Lipinski definition) is 2. The highest BCUT2D eigenvalue weighted by atomic mass is 79.9. The Morgan fingerprint density at radius 1 is 1.25 bits per heavy atom. The monoisotopic (exact) mass is 433 g/mol. The molecule has 0 radical (unpaired) electrons. The Labute approximate surface area is 149 Å². The van der Waals surface area contributed by atoms with Gasteiger partial charge < -0.3 is 5.11 Å². The van der Waals surface area contributed by atoms with E-state index in [1.165, 1.54) is 19.1 Å². The first-order chi connectivity index (χ1) is 10.7. The van der Waals surface area contributed by atoms with Gasteiger partial charge >= 0.3 is 6.18 Å². The number of hydrogen-bond donors (Lipinski definition) is 2. The molecule has 0 aromatic heterocycles. The Hall–Kier alpha value is -0.510. The van der Waals surface area contributed by atoms with Crippen molar-refractivity contribution in [3.05, 3.63) is 34.1 Å². The van der Waals surface area contributed by atoms with Crippen molar-refractivity contribution < 1.29 is 26.9 Å². The van der Waals surface area contributed by atoms with E-state index in [4.69, 9.17) is 0 Å². The van der Waals surface area contributed by atoms with Gasteiger partial charge in [0.25, 0.3) is 0 Å². The lowest BCUT2D eigenvalue weighted by Crippen LogP contribution is -2.50. The van der Waals surface area contributed by atoms with Crippen LogP contribution in [-0.2, 0) is 16.5 Å². The number of alkyl halides is 3. The topological polar surface area (TPSA) is 49.3 Å². The molecular weight excluding hydrogens is 414 g/mol. The second-order valence-corrected chi connectivity index (χ2v) is 9.58. The number of aliphatic hydroxyl groups is 1. The van der Waals surface area contributed by atoms with Crippen LogP contribution in [0.1, 0.15) is 39.7 Å². The molecule has 0 aliphatic carbocycles. The zero-order valence-electron chi connectivity index (χ0n) is 13.7. The molecule has 0 aliphatic rings. The van der Waals surface area contributed by atoms with Crippen molar-refractivity contribution >= 4 is 26.9 Å². The van der Waals surface area contributed by atoms with E-state index < -0.39 is 45.8 Å². The fourth-order valence-corrected chi connectivity index (χ4v) is 3.26. The third-order valence-electron chi connectivity index (χ3n) is 3.38. The molecule has 0 aliphatic heterocycles. The summed E-state index contributed by atoms with van der Waals surface area (Å²) in [6.07, 6.45) is -8.44. The molecule has 0 amide bonds. The molecule has 0 spiro atoms. The predicted molar refractivity (Wildman–Crippen MR) is 89.2 cm³/mol. The van der Waals surface area contributed by atoms with Crippen LogP contribution in [0.15, 0.2) is 22.7 Å². The van der Waals surface area contributed by atoms with Crippen LogP contribution in [0.3, 0.4) is 0 Å². The number of halogens is 5. The Kier molecular flexibility index (Phi) is 6.63. The van der Waals surface area contributed by atoms with Gasteiger partial charge in [-0.15, -0.1) is 0 Å². The van der Waals surface area contributed by atoms with Gasteiger partial charge in [0.1, 0.15) is 5.82 Å². The first-order valence-electron chi connectivity index (χ1n) is 7.07. The predicted octanol–water partition coefficient (Wildman–Crippen LogP) is 4.17. The molecule has 9 heteroatoms. The van der Waals surface area contributed by atoms with Gasteiger partial charge in [-0.2, -0.15) is 13.2 Å². The van der Waals surface area contributed by atoms with Gasteiger partial charge in [0.2, 0.25) is 0 Å². The maximum atomic E-state index is 14.2. The summed E-state index contributed by atoms with van der Waals surface area (Å²) in [5, 5.41) is 9.46. The molecule has 0 fully saturated rings. The fraction of sp³-hybridized carbons (Fsp3) is 0.600. The zero-order valence-corrected chi connectivity index (χ0v) is 16.1. The van der Waals surface area contributed by atoms with Crippen molar-refractivity contribution in [3.8, 4) is 0 Å². The SMILES string of the molecule is CC(C)(C)S(=O)N[C@@](C)(C[C@H](O)C(F)(F)F)c1cc(Br)ccc1F. The van der Waals surface area contributed by atoms with Crippen molar-refractivity contribution in [2.24, 2.45) is 0 Å². The molecule has 24 heavy (non-hydrogen) atoms.